The molecule has 2 rings (SSSR count). The zero-order valence-electron chi connectivity index (χ0n) is 14.5. The van der Waals surface area contributed by atoms with Gasteiger partial charge in [-0.15, -0.1) is 0 Å². The molecule has 1 amide bonds. The fourth-order valence-corrected chi connectivity index (χ4v) is 3.36. The van der Waals surface area contributed by atoms with Gasteiger partial charge in [-0.05, 0) is 55.3 Å². The van der Waals surface area contributed by atoms with E-state index in [1.54, 1.807) is 13.0 Å². The third-order valence-electron chi connectivity index (χ3n) is 3.72. The maximum Gasteiger partial charge on any atom is 0.303 e. The van der Waals surface area contributed by atoms with Crippen LogP contribution in [-0.4, -0.2) is 31.9 Å². The van der Waals surface area contributed by atoms with Crippen molar-refractivity contribution in [1.29, 1.82) is 0 Å². The second kappa shape index (κ2) is 8.63. The van der Waals surface area contributed by atoms with E-state index in [9.17, 15) is 22.4 Å². The van der Waals surface area contributed by atoms with E-state index in [-0.39, 0.29) is 35.5 Å². The van der Waals surface area contributed by atoms with Crippen LogP contribution in [0.5, 0.6) is 0 Å². The van der Waals surface area contributed by atoms with Crippen molar-refractivity contribution in [2.75, 3.05) is 11.3 Å². The van der Waals surface area contributed by atoms with Crippen molar-refractivity contribution in [1.82, 2.24) is 5.32 Å². The van der Waals surface area contributed by atoms with Gasteiger partial charge in [0, 0.05) is 18.5 Å². The molecule has 0 saturated heterocycles. The van der Waals surface area contributed by atoms with Crippen molar-refractivity contribution in [2.24, 2.45) is 0 Å². The van der Waals surface area contributed by atoms with Crippen LogP contribution >= 0.6 is 0 Å². The van der Waals surface area contributed by atoms with Crippen LogP contribution in [0.15, 0.2) is 47.4 Å². The molecule has 3 N–H and O–H groups in total. The zero-order valence-corrected chi connectivity index (χ0v) is 15.3. The van der Waals surface area contributed by atoms with E-state index in [1.165, 1.54) is 12.1 Å². The summed E-state index contributed by atoms with van der Waals surface area (Å²) in [5.41, 5.74) is 1.05. The van der Waals surface area contributed by atoms with Crippen molar-refractivity contribution in [3.63, 3.8) is 0 Å². The van der Waals surface area contributed by atoms with Gasteiger partial charge in [0.25, 0.3) is 15.9 Å². The van der Waals surface area contributed by atoms with E-state index < -0.39 is 27.7 Å². The average molecular weight is 394 g/mol. The van der Waals surface area contributed by atoms with Crippen molar-refractivity contribution < 1.29 is 27.5 Å². The highest BCUT2D eigenvalue weighted by Crippen LogP contribution is 2.21. The lowest BCUT2D eigenvalue weighted by Crippen LogP contribution is -2.25. The highest BCUT2D eigenvalue weighted by molar-refractivity contribution is 7.92. The molecule has 2 aromatic carbocycles. The van der Waals surface area contributed by atoms with Crippen molar-refractivity contribution in [3.8, 4) is 0 Å². The second-order valence-electron chi connectivity index (χ2n) is 5.84. The minimum absolute atomic E-state index is 0.0586. The molecule has 144 valence electrons. The maximum atomic E-state index is 13.0. The van der Waals surface area contributed by atoms with Crippen molar-refractivity contribution in [3.05, 3.63) is 59.4 Å². The number of carboxylic acid groups (broad SMARTS) is 1. The Balaban J connectivity index is 2.13. The number of aryl methyl sites for hydroxylation is 1. The third kappa shape index (κ3) is 5.78. The Kier molecular flexibility index (Phi) is 6.51. The maximum absolute atomic E-state index is 13.0. The topological polar surface area (TPSA) is 113 Å². The number of nitrogens with one attached hydrogen (secondary N) is 2. The first-order chi connectivity index (χ1) is 12.7. The summed E-state index contributed by atoms with van der Waals surface area (Å²) in [4.78, 5) is 22.5. The summed E-state index contributed by atoms with van der Waals surface area (Å²) in [6.07, 6.45) is 0.230. The first kappa shape index (κ1) is 20.4. The van der Waals surface area contributed by atoms with E-state index in [0.717, 1.165) is 24.3 Å². The van der Waals surface area contributed by atoms with Gasteiger partial charge in [0.1, 0.15) is 5.82 Å². The number of hydrogen-bond acceptors (Lipinski definition) is 4. The van der Waals surface area contributed by atoms with Crippen LogP contribution in [0.2, 0.25) is 0 Å². The molecule has 0 atom stereocenters. The minimum Gasteiger partial charge on any atom is -0.481 e. The highest BCUT2D eigenvalue weighted by Gasteiger charge is 2.17. The molecule has 0 aliphatic rings. The lowest BCUT2D eigenvalue weighted by Gasteiger charge is -2.12. The standard InChI is InChI=1S/C18H19FN2O5S/c1-12-4-5-13(18(24)20-10-2-3-17(22)23)11-16(12)21-27(25,26)15-8-6-14(19)7-9-15/h4-9,11,21H,2-3,10H2,1H3,(H,20,24)(H,22,23). The van der Waals surface area contributed by atoms with Crippen LogP contribution in [-0.2, 0) is 14.8 Å². The highest BCUT2D eigenvalue weighted by atomic mass is 32.2. The third-order valence-corrected chi connectivity index (χ3v) is 5.10. The molecule has 27 heavy (non-hydrogen) atoms. The molecule has 0 radical (unpaired) electrons. The summed E-state index contributed by atoms with van der Waals surface area (Å²) in [6.45, 7) is 1.87. The molecule has 0 aliphatic heterocycles. The van der Waals surface area contributed by atoms with Crippen LogP contribution in [0.25, 0.3) is 0 Å². The van der Waals surface area contributed by atoms with Gasteiger partial charge in [-0.1, -0.05) is 6.07 Å². The summed E-state index contributed by atoms with van der Waals surface area (Å²) in [7, 11) is -3.94. The second-order valence-corrected chi connectivity index (χ2v) is 7.52. The predicted molar refractivity (Wildman–Crippen MR) is 97.6 cm³/mol. The van der Waals surface area contributed by atoms with Gasteiger partial charge in [0.2, 0.25) is 0 Å². The van der Waals surface area contributed by atoms with E-state index >= 15 is 0 Å². The van der Waals surface area contributed by atoms with E-state index in [2.05, 4.69) is 10.0 Å². The van der Waals surface area contributed by atoms with E-state index in [4.69, 9.17) is 5.11 Å². The molecule has 2 aromatic rings. The Bertz CT molecular complexity index is 943. The number of anilines is 1. The fraction of sp³-hybridized carbons (Fsp3) is 0.222. The zero-order chi connectivity index (χ0) is 20.0. The molecule has 7 nitrogen and oxygen atoms in total. The predicted octanol–water partition coefficient (Wildman–Crippen LogP) is 2.53. The summed E-state index contributed by atoms with van der Waals surface area (Å²) >= 11 is 0. The number of aliphatic carboxylic acids is 1. The number of sulfonamides is 1. The molecule has 0 aliphatic carbocycles. The Labute approximate surface area is 156 Å². The van der Waals surface area contributed by atoms with Crippen LogP contribution < -0.4 is 10.0 Å². The smallest absolute Gasteiger partial charge is 0.303 e. The van der Waals surface area contributed by atoms with Gasteiger partial charge in [-0.25, -0.2) is 12.8 Å². The molecular weight excluding hydrogens is 375 g/mol. The lowest BCUT2D eigenvalue weighted by molar-refractivity contribution is -0.137. The average Bonchev–Trinajstić information content (AvgIpc) is 2.60. The first-order valence-corrected chi connectivity index (χ1v) is 9.56. The number of rotatable bonds is 8. The normalized spacial score (nSPS) is 11.0. The Hall–Kier alpha value is -2.94. The molecule has 9 heteroatoms. The minimum atomic E-state index is -3.94. The molecule has 0 aromatic heterocycles. The molecule has 0 bridgehead atoms. The Morgan fingerprint density at radius 1 is 1.11 bits per heavy atom. The van der Waals surface area contributed by atoms with Gasteiger partial charge in [-0.3, -0.25) is 14.3 Å². The van der Waals surface area contributed by atoms with Crippen molar-refractivity contribution in [2.45, 2.75) is 24.7 Å². The van der Waals surface area contributed by atoms with Gasteiger partial charge in [0.05, 0.1) is 10.6 Å². The van der Waals surface area contributed by atoms with Gasteiger partial charge < -0.3 is 10.4 Å². The van der Waals surface area contributed by atoms with Gasteiger partial charge in [0.15, 0.2) is 0 Å². The molecule has 0 heterocycles. The summed E-state index contributed by atoms with van der Waals surface area (Å²) in [5, 5.41) is 11.2. The number of hydrogen-bond donors (Lipinski definition) is 3. The summed E-state index contributed by atoms with van der Waals surface area (Å²) < 4.78 is 40.2. The quantitative estimate of drug-likeness (QED) is 0.596. The molecule has 0 fully saturated rings. The first-order valence-electron chi connectivity index (χ1n) is 8.08. The fourth-order valence-electron chi connectivity index (χ4n) is 2.23. The SMILES string of the molecule is Cc1ccc(C(=O)NCCCC(=O)O)cc1NS(=O)(=O)c1ccc(F)cc1. The van der Waals surface area contributed by atoms with Crippen molar-refractivity contribution >= 4 is 27.6 Å². The van der Waals surface area contributed by atoms with Gasteiger partial charge in [-0.2, -0.15) is 0 Å². The van der Waals surface area contributed by atoms with Crippen LogP contribution in [0.3, 0.4) is 0 Å². The monoisotopic (exact) mass is 394 g/mol. The number of carbonyl (C=O) groups excluding carboxylic acids is 1. The molecule has 0 unspecified atom stereocenters. The summed E-state index contributed by atoms with van der Waals surface area (Å²) in [6, 6.07) is 8.90. The van der Waals surface area contributed by atoms with Crippen LogP contribution in [0, 0.1) is 12.7 Å². The van der Waals surface area contributed by atoms with Gasteiger partial charge >= 0.3 is 5.97 Å². The van der Waals surface area contributed by atoms with E-state index in [0.29, 0.717) is 5.56 Å². The number of benzene rings is 2. The van der Waals surface area contributed by atoms with Crippen LogP contribution in [0.4, 0.5) is 10.1 Å². The molecule has 0 saturated carbocycles. The number of halogens is 1. The van der Waals surface area contributed by atoms with Crippen LogP contribution in [0.1, 0.15) is 28.8 Å². The Morgan fingerprint density at radius 2 is 1.78 bits per heavy atom. The number of carbonyl (C=O) groups is 2. The van der Waals surface area contributed by atoms with E-state index in [1.807, 2.05) is 0 Å². The number of amides is 1. The number of carboxylic acids is 1. The summed E-state index contributed by atoms with van der Waals surface area (Å²) in [5.74, 6) is -1.94. The molecule has 0 spiro atoms. The lowest BCUT2D eigenvalue weighted by atomic mass is 10.1. The Morgan fingerprint density at radius 3 is 2.41 bits per heavy atom. The largest absolute Gasteiger partial charge is 0.481 e. The molecular formula is C18H19FN2O5S.